The molecule has 2 aliphatic heterocycles. The fourth-order valence-corrected chi connectivity index (χ4v) is 5.07. The van der Waals surface area contributed by atoms with Crippen molar-refractivity contribution < 1.29 is 29.0 Å². The Kier molecular flexibility index (Phi) is 10.0. The standard InChI is InChI=1S/C22H32N2O4.C6H10O2/c1-16(25)19(14-22(2)7-3-4-8-22)23-21(27)17-5-6-20(26)18(13-17)15-24-9-11-28-12-10-24;1-4-5(2)8-3-6(4)7/h5-6,13,19,26H,3-4,7-12,14-15H2,1-2H3,(H,23,27);4-5H,3H2,1-2H3/t;4?,5-/m.0/s1. The molecule has 1 aromatic carbocycles. The summed E-state index contributed by atoms with van der Waals surface area (Å²) in [5, 5.41) is 13.1. The van der Waals surface area contributed by atoms with Crippen molar-refractivity contribution in [2.24, 2.45) is 11.3 Å². The number of nitrogens with one attached hydrogen (secondary N) is 1. The highest BCUT2D eigenvalue weighted by atomic mass is 16.5. The molecule has 0 radical (unpaired) electrons. The van der Waals surface area contributed by atoms with Crippen molar-refractivity contribution in [3.05, 3.63) is 29.3 Å². The van der Waals surface area contributed by atoms with Crippen LogP contribution < -0.4 is 5.32 Å². The smallest absolute Gasteiger partial charge is 0.251 e. The molecule has 0 spiro atoms. The lowest BCUT2D eigenvalue weighted by atomic mass is 9.81. The number of ether oxygens (including phenoxy) is 2. The maximum absolute atomic E-state index is 12.8. The van der Waals surface area contributed by atoms with Gasteiger partial charge in [0.05, 0.1) is 25.4 Å². The number of morpholine rings is 1. The normalized spacial score (nSPS) is 24.6. The van der Waals surface area contributed by atoms with Crippen LogP contribution in [0.2, 0.25) is 0 Å². The van der Waals surface area contributed by atoms with Gasteiger partial charge in [0.1, 0.15) is 12.4 Å². The summed E-state index contributed by atoms with van der Waals surface area (Å²) in [5.41, 5.74) is 1.32. The zero-order chi connectivity index (χ0) is 26.3. The minimum absolute atomic E-state index is 0.00575. The van der Waals surface area contributed by atoms with E-state index in [1.54, 1.807) is 25.1 Å². The Morgan fingerprint density at radius 2 is 1.86 bits per heavy atom. The first-order chi connectivity index (χ1) is 17.1. The number of nitrogens with zero attached hydrogens (tertiary/aromatic N) is 1. The minimum atomic E-state index is -0.466. The van der Waals surface area contributed by atoms with Crippen LogP contribution in [-0.4, -0.2) is 72.5 Å². The van der Waals surface area contributed by atoms with Gasteiger partial charge >= 0.3 is 0 Å². The van der Waals surface area contributed by atoms with Gasteiger partial charge in [-0.3, -0.25) is 19.3 Å². The summed E-state index contributed by atoms with van der Waals surface area (Å²) in [6.45, 7) is 11.5. The molecule has 1 saturated carbocycles. The molecule has 8 heteroatoms. The molecule has 3 fully saturated rings. The molecule has 1 aliphatic carbocycles. The van der Waals surface area contributed by atoms with Crippen molar-refractivity contribution >= 4 is 17.5 Å². The lowest BCUT2D eigenvalue weighted by molar-refractivity contribution is -0.120. The number of aromatic hydroxyl groups is 1. The van der Waals surface area contributed by atoms with Gasteiger partial charge in [0, 0.05) is 36.7 Å². The maximum atomic E-state index is 12.8. The number of benzene rings is 1. The zero-order valence-electron chi connectivity index (χ0n) is 22.2. The average Bonchev–Trinajstić information content (AvgIpc) is 3.41. The van der Waals surface area contributed by atoms with E-state index in [0.717, 1.165) is 31.5 Å². The number of hydrogen-bond donors (Lipinski definition) is 2. The summed E-state index contributed by atoms with van der Waals surface area (Å²) < 4.78 is 10.4. The molecule has 1 aromatic rings. The van der Waals surface area contributed by atoms with Gasteiger partial charge in [0.2, 0.25) is 0 Å². The van der Waals surface area contributed by atoms with Crippen LogP contribution in [0, 0.1) is 11.3 Å². The quantitative estimate of drug-likeness (QED) is 0.588. The van der Waals surface area contributed by atoms with Crippen LogP contribution in [0.5, 0.6) is 5.75 Å². The zero-order valence-corrected chi connectivity index (χ0v) is 22.2. The second-order valence-electron chi connectivity index (χ2n) is 10.9. The molecular formula is C28H42N2O6. The highest BCUT2D eigenvalue weighted by Crippen LogP contribution is 2.41. The summed E-state index contributed by atoms with van der Waals surface area (Å²) in [5.74, 6) is 0.274. The highest BCUT2D eigenvalue weighted by Gasteiger charge is 2.34. The van der Waals surface area contributed by atoms with Crippen LogP contribution in [0.25, 0.3) is 0 Å². The molecule has 2 unspecified atom stereocenters. The Bertz CT molecular complexity index is 921. The molecule has 4 rings (SSSR count). The molecule has 3 aliphatic rings. The van der Waals surface area contributed by atoms with Gasteiger partial charge in [-0.2, -0.15) is 0 Å². The molecule has 200 valence electrons. The largest absolute Gasteiger partial charge is 0.508 e. The summed E-state index contributed by atoms with van der Waals surface area (Å²) in [6, 6.07) is 4.44. The first-order valence-electron chi connectivity index (χ1n) is 13.2. The minimum Gasteiger partial charge on any atom is -0.508 e. The van der Waals surface area contributed by atoms with E-state index in [0.29, 0.717) is 38.3 Å². The Hall–Kier alpha value is -2.29. The van der Waals surface area contributed by atoms with Crippen LogP contribution in [0.15, 0.2) is 18.2 Å². The molecule has 8 nitrogen and oxygen atoms in total. The fourth-order valence-electron chi connectivity index (χ4n) is 5.07. The number of rotatable bonds is 7. The van der Waals surface area contributed by atoms with Crippen molar-refractivity contribution in [3.8, 4) is 5.75 Å². The van der Waals surface area contributed by atoms with E-state index in [4.69, 9.17) is 9.47 Å². The third kappa shape index (κ3) is 7.85. The number of carbonyl (C=O) groups excluding carboxylic acids is 3. The van der Waals surface area contributed by atoms with Crippen LogP contribution in [0.1, 0.15) is 75.7 Å². The van der Waals surface area contributed by atoms with Crippen molar-refractivity contribution in [3.63, 3.8) is 0 Å². The van der Waals surface area contributed by atoms with E-state index in [-0.39, 0.29) is 40.7 Å². The topological polar surface area (TPSA) is 105 Å². The Morgan fingerprint density at radius 3 is 2.39 bits per heavy atom. The summed E-state index contributed by atoms with van der Waals surface area (Å²) in [6.07, 6.45) is 5.43. The number of ketones is 2. The lowest BCUT2D eigenvalue weighted by Crippen LogP contribution is -2.42. The van der Waals surface area contributed by atoms with Gasteiger partial charge in [-0.1, -0.05) is 26.7 Å². The van der Waals surface area contributed by atoms with Crippen molar-refractivity contribution in [1.82, 2.24) is 10.2 Å². The summed E-state index contributed by atoms with van der Waals surface area (Å²) in [4.78, 5) is 37.8. The van der Waals surface area contributed by atoms with Gasteiger partial charge in [-0.15, -0.1) is 0 Å². The van der Waals surface area contributed by atoms with E-state index >= 15 is 0 Å². The third-order valence-electron chi connectivity index (χ3n) is 7.84. The summed E-state index contributed by atoms with van der Waals surface area (Å²) >= 11 is 0. The number of phenolic OH excluding ortho intramolecular Hbond substituents is 1. The van der Waals surface area contributed by atoms with E-state index in [2.05, 4.69) is 17.1 Å². The predicted octanol–water partition coefficient (Wildman–Crippen LogP) is 3.49. The Labute approximate surface area is 214 Å². The van der Waals surface area contributed by atoms with Gasteiger partial charge in [0.15, 0.2) is 11.6 Å². The van der Waals surface area contributed by atoms with E-state index in [1.165, 1.54) is 12.8 Å². The monoisotopic (exact) mass is 502 g/mol. The Balaban J connectivity index is 0.000000383. The van der Waals surface area contributed by atoms with Crippen molar-refractivity contribution in [1.29, 1.82) is 0 Å². The number of carbonyl (C=O) groups is 3. The number of hydrogen-bond acceptors (Lipinski definition) is 7. The van der Waals surface area contributed by atoms with E-state index in [9.17, 15) is 19.5 Å². The molecular weight excluding hydrogens is 460 g/mol. The van der Waals surface area contributed by atoms with E-state index < -0.39 is 6.04 Å². The second-order valence-corrected chi connectivity index (χ2v) is 10.9. The number of Topliss-reactive ketones (excluding diaryl/α,β-unsaturated/α-hetero) is 2. The van der Waals surface area contributed by atoms with Crippen molar-refractivity contribution in [2.45, 2.75) is 78.5 Å². The first-order valence-corrected chi connectivity index (χ1v) is 13.2. The number of amides is 1. The molecule has 2 N–H and O–H groups in total. The van der Waals surface area contributed by atoms with Crippen LogP contribution >= 0.6 is 0 Å². The highest BCUT2D eigenvalue weighted by molar-refractivity contribution is 5.97. The summed E-state index contributed by atoms with van der Waals surface area (Å²) in [7, 11) is 0. The second kappa shape index (κ2) is 12.8. The molecule has 0 bridgehead atoms. The van der Waals surface area contributed by atoms with E-state index in [1.807, 2.05) is 13.8 Å². The van der Waals surface area contributed by atoms with Gasteiger partial charge in [-0.25, -0.2) is 0 Å². The molecule has 2 heterocycles. The molecule has 1 amide bonds. The molecule has 0 aromatic heterocycles. The Morgan fingerprint density at radius 1 is 1.19 bits per heavy atom. The third-order valence-corrected chi connectivity index (χ3v) is 7.84. The maximum Gasteiger partial charge on any atom is 0.251 e. The molecule has 3 atom stereocenters. The lowest BCUT2D eigenvalue weighted by Gasteiger charge is -2.29. The molecule has 2 saturated heterocycles. The van der Waals surface area contributed by atoms with Gasteiger partial charge in [0.25, 0.3) is 5.91 Å². The average molecular weight is 503 g/mol. The van der Waals surface area contributed by atoms with Crippen molar-refractivity contribution in [2.75, 3.05) is 32.9 Å². The molecule has 36 heavy (non-hydrogen) atoms. The van der Waals surface area contributed by atoms with Crippen LogP contribution in [0.3, 0.4) is 0 Å². The van der Waals surface area contributed by atoms with Gasteiger partial charge < -0.3 is 19.9 Å². The fraction of sp³-hybridized carbons (Fsp3) is 0.679. The van der Waals surface area contributed by atoms with Crippen LogP contribution in [-0.2, 0) is 25.6 Å². The predicted molar refractivity (Wildman–Crippen MR) is 137 cm³/mol. The SMILES string of the molecule is CC(=O)C(CC1(C)CCCC1)NC(=O)c1ccc(O)c(CN2CCOCC2)c1.CC1C(=O)CO[C@H]1C. The van der Waals surface area contributed by atoms with Crippen LogP contribution in [0.4, 0.5) is 0 Å². The first kappa shape index (κ1) is 28.3. The van der Waals surface area contributed by atoms with Gasteiger partial charge in [-0.05, 0) is 56.7 Å². The number of phenols is 1.